The number of methoxy groups -OCH3 is 1. The molecule has 1 rings (SSSR count). The maximum atomic E-state index is 11.8. The summed E-state index contributed by atoms with van der Waals surface area (Å²) in [6.45, 7) is 0.482. The van der Waals surface area contributed by atoms with Gasteiger partial charge in [0, 0.05) is 6.54 Å². The minimum atomic E-state index is -3.65. The number of ether oxygens (including phenoxy) is 1. The zero-order valence-corrected chi connectivity index (χ0v) is 12.7. The molecule has 1 aromatic carbocycles. The van der Waals surface area contributed by atoms with Crippen LogP contribution >= 0.6 is 0 Å². The molecular formula is C13H19NO6S. The Morgan fingerprint density at radius 1 is 1.33 bits per heavy atom. The Balaban J connectivity index is 2.69. The van der Waals surface area contributed by atoms with Crippen molar-refractivity contribution in [3.05, 3.63) is 35.4 Å². The molecule has 21 heavy (non-hydrogen) atoms. The van der Waals surface area contributed by atoms with Gasteiger partial charge in [0.1, 0.15) is 0 Å². The third-order valence-electron chi connectivity index (χ3n) is 2.75. The van der Waals surface area contributed by atoms with Gasteiger partial charge in [0.05, 0.1) is 30.6 Å². The zero-order valence-electron chi connectivity index (χ0n) is 11.9. The predicted molar refractivity (Wildman–Crippen MR) is 76.1 cm³/mol. The van der Waals surface area contributed by atoms with Gasteiger partial charge in [-0.1, -0.05) is 12.1 Å². The highest BCUT2D eigenvalue weighted by Gasteiger charge is 2.22. The van der Waals surface area contributed by atoms with Crippen molar-refractivity contribution >= 4 is 16.0 Å². The number of hydrogen-bond donors (Lipinski definition) is 3. The number of esters is 1. The van der Waals surface area contributed by atoms with Crippen LogP contribution < -0.4 is 4.72 Å². The molecule has 0 amide bonds. The van der Waals surface area contributed by atoms with Crippen LogP contribution in [0.25, 0.3) is 0 Å². The van der Waals surface area contributed by atoms with Crippen molar-refractivity contribution in [1.82, 2.24) is 4.72 Å². The molecule has 0 spiro atoms. The van der Waals surface area contributed by atoms with Gasteiger partial charge in [0.25, 0.3) is 0 Å². The van der Waals surface area contributed by atoms with E-state index in [-0.39, 0.29) is 12.3 Å². The molecule has 0 aliphatic carbocycles. The van der Waals surface area contributed by atoms with Gasteiger partial charge in [0.15, 0.2) is 0 Å². The summed E-state index contributed by atoms with van der Waals surface area (Å²) >= 11 is 0. The van der Waals surface area contributed by atoms with Gasteiger partial charge in [0.2, 0.25) is 10.0 Å². The molecule has 0 aliphatic rings. The van der Waals surface area contributed by atoms with Crippen LogP contribution in [0.3, 0.4) is 0 Å². The Bertz CT molecular complexity index is 579. The fourth-order valence-electron chi connectivity index (χ4n) is 1.45. The van der Waals surface area contributed by atoms with Crippen LogP contribution in [-0.4, -0.2) is 50.5 Å². The molecular weight excluding hydrogens is 298 g/mol. The van der Waals surface area contributed by atoms with Crippen LogP contribution in [0.4, 0.5) is 0 Å². The molecule has 1 unspecified atom stereocenters. The van der Waals surface area contributed by atoms with Crippen molar-refractivity contribution in [1.29, 1.82) is 0 Å². The van der Waals surface area contributed by atoms with Crippen molar-refractivity contribution in [2.24, 2.45) is 0 Å². The smallest absolute Gasteiger partial charge is 0.337 e. The minimum Gasteiger partial charge on any atom is -0.465 e. The molecule has 0 heterocycles. The second-order valence-corrected chi connectivity index (χ2v) is 6.73. The van der Waals surface area contributed by atoms with Crippen molar-refractivity contribution in [2.45, 2.75) is 18.3 Å². The first-order valence-electron chi connectivity index (χ1n) is 6.17. The largest absolute Gasteiger partial charge is 0.465 e. The van der Waals surface area contributed by atoms with E-state index in [1.54, 1.807) is 0 Å². The molecule has 0 aromatic heterocycles. The van der Waals surface area contributed by atoms with E-state index >= 15 is 0 Å². The molecule has 7 nitrogen and oxygen atoms in total. The molecule has 0 fully saturated rings. The van der Waals surface area contributed by atoms with Crippen molar-refractivity contribution in [3.8, 4) is 0 Å². The molecule has 0 bridgehead atoms. The fraction of sp³-hybridized carbons (Fsp3) is 0.462. The standard InChI is InChI=1S/C13H19NO6S/c1-13(17,9-15)8-14-21(18,19)7-10-3-5-11(6-4-10)12(16)20-2/h3-6,14-15,17H,7-9H2,1-2H3. The molecule has 3 N–H and O–H groups in total. The van der Waals surface area contributed by atoms with Crippen LogP contribution in [0.1, 0.15) is 22.8 Å². The number of rotatable bonds is 7. The number of sulfonamides is 1. The van der Waals surface area contributed by atoms with E-state index < -0.39 is 28.2 Å². The Kier molecular flexibility index (Phi) is 5.85. The van der Waals surface area contributed by atoms with Crippen LogP contribution in [0.15, 0.2) is 24.3 Å². The Morgan fingerprint density at radius 2 is 1.90 bits per heavy atom. The highest BCUT2D eigenvalue weighted by molar-refractivity contribution is 7.88. The van der Waals surface area contributed by atoms with Crippen molar-refractivity contribution < 1.29 is 28.2 Å². The summed E-state index contributed by atoms with van der Waals surface area (Å²) in [6.07, 6.45) is 0. The van der Waals surface area contributed by atoms with E-state index in [4.69, 9.17) is 5.11 Å². The van der Waals surface area contributed by atoms with Gasteiger partial charge >= 0.3 is 5.97 Å². The molecule has 8 heteroatoms. The SMILES string of the molecule is COC(=O)c1ccc(CS(=O)(=O)NCC(C)(O)CO)cc1. The van der Waals surface area contributed by atoms with E-state index in [0.717, 1.165) is 0 Å². The van der Waals surface area contributed by atoms with Crippen LogP contribution in [0.5, 0.6) is 0 Å². The van der Waals surface area contributed by atoms with Crippen molar-refractivity contribution in [2.75, 3.05) is 20.3 Å². The topological polar surface area (TPSA) is 113 Å². The second-order valence-electron chi connectivity index (χ2n) is 4.92. The molecule has 0 aliphatic heterocycles. The number of nitrogens with one attached hydrogen (secondary N) is 1. The Hall–Kier alpha value is -1.48. The van der Waals surface area contributed by atoms with Gasteiger partial charge < -0.3 is 14.9 Å². The monoisotopic (exact) mass is 317 g/mol. The molecule has 0 radical (unpaired) electrons. The normalized spacial score (nSPS) is 14.5. The van der Waals surface area contributed by atoms with Gasteiger partial charge in [-0.25, -0.2) is 17.9 Å². The molecule has 0 saturated heterocycles. The van der Waals surface area contributed by atoms with E-state index in [9.17, 15) is 18.3 Å². The fourth-order valence-corrected chi connectivity index (χ4v) is 2.71. The van der Waals surface area contributed by atoms with Crippen LogP contribution in [-0.2, 0) is 20.5 Å². The lowest BCUT2D eigenvalue weighted by atomic mass is 10.1. The maximum absolute atomic E-state index is 11.8. The van der Waals surface area contributed by atoms with Gasteiger partial charge in [-0.05, 0) is 24.6 Å². The number of aliphatic hydroxyl groups excluding tert-OH is 1. The first-order chi connectivity index (χ1) is 9.69. The first kappa shape index (κ1) is 17.6. The van der Waals surface area contributed by atoms with E-state index in [1.807, 2.05) is 0 Å². The van der Waals surface area contributed by atoms with Gasteiger partial charge in [-0.3, -0.25) is 0 Å². The predicted octanol–water partition coefficient (Wildman–Crippen LogP) is -0.364. The Labute approximate surface area is 123 Å². The minimum absolute atomic E-state index is 0.286. The summed E-state index contributed by atoms with van der Waals surface area (Å²) in [7, 11) is -2.39. The van der Waals surface area contributed by atoms with Gasteiger partial charge in [-0.15, -0.1) is 0 Å². The van der Waals surface area contributed by atoms with Gasteiger partial charge in [-0.2, -0.15) is 0 Å². The average Bonchev–Trinajstić information content (AvgIpc) is 2.45. The van der Waals surface area contributed by atoms with Crippen LogP contribution in [0.2, 0.25) is 0 Å². The summed E-state index contributed by atoms with van der Waals surface area (Å²) < 4.78 is 30.4. The third kappa shape index (κ3) is 5.80. The summed E-state index contributed by atoms with van der Waals surface area (Å²) in [4.78, 5) is 11.3. The van der Waals surface area contributed by atoms with Crippen molar-refractivity contribution in [3.63, 3.8) is 0 Å². The summed E-state index contributed by atoms with van der Waals surface area (Å²) in [5, 5.41) is 18.4. The molecule has 118 valence electrons. The summed E-state index contributed by atoms with van der Waals surface area (Å²) in [6, 6.07) is 5.96. The number of aliphatic hydroxyl groups is 2. The lowest BCUT2D eigenvalue weighted by Gasteiger charge is -2.20. The van der Waals surface area contributed by atoms with E-state index in [2.05, 4.69) is 9.46 Å². The molecule has 1 atom stereocenters. The quantitative estimate of drug-likeness (QED) is 0.592. The molecule has 1 aromatic rings. The number of benzene rings is 1. The maximum Gasteiger partial charge on any atom is 0.337 e. The van der Waals surface area contributed by atoms with E-state index in [1.165, 1.54) is 38.3 Å². The Morgan fingerprint density at radius 3 is 2.38 bits per heavy atom. The number of carbonyl (C=O) groups excluding carboxylic acids is 1. The summed E-state index contributed by atoms with van der Waals surface area (Å²) in [5.74, 6) is -0.794. The summed E-state index contributed by atoms with van der Waals surface area (Å²) in [5.41, 5.74) is -0.699. The zero-order chi connectivity index (χ0) is 16.1. The third-order valence-corrected chi connectivity index (χ3v) is 4.04. The highest BCUT2D eigenvalue weighted by Crippen LogP contribution is 2.09. The number of hydrogen-bond acceptors (Lipinski definition) is 6. The second kappa shape index (κ2) is 6.99. The lowest BCUT2D eigenvalue weighted by Crippen LogP contribution is -2.43. The average molecular weight is 317 g/mol. The lowest BCUT2D eigenvalue weighted by molar-refractivity contribution is 0.00680. The first-order valence-corrected chi connectivity index (χ1v) is 7.82. The van der Waals surface area contributed by atoms with Crippen LogP contribution in [0, 0.1) is 0 Å². The highest BCUT2D eigenvalue weighted by atomic mass is 32.2. The molecule has 0 saturated carbocycles. The van der Waals surface area contributed by atoms with E-state index in [0.29, 0.717) is 11.1 Å². The number of carbonyl (C=O) groups is 1.